The van der Waals surface area contributed by atoms with Gasteiger partial charge in [0.1, 0.15) is 11.5 Å². The quantitative estimate of drug-likeness (QED) is 0.466. The van der Waals surface area contributed by atoms with Crippen LogP contribution >= 0.6 is 0 Å². The molecule has 2 aromatic carbocycles. The first-order valence-electron chi connectivity index (χ1n) is 15.9. The zero-order chi connectivity index (χ0) is 31.3. The van der Waals surface area contributed by atoms with Gasteiger partial charge < -0.3 is 44.4 Å². The summed E-state index contributed by atoms with van der Waals surface area (Å²) in [4.78, 5) is 19.3. The third-order valence-electron chi connectivity index (χ3n) is 8.99. The average molecular weight is 615 g/mol. The van der Waals surface area contributed by atoms with Gasteiger partial charge in [0, 0.05) is 77.2 Å². The number of rotatable bonds is 8. The van der Waals surface area contributed by atoms with Gasteiger partial charge in [-0.15, -0.1) is 0 Å². The molecular weight excluding hydrogens is 568 g/mol. The summed E-state index contributed by atoms with van der Waals surface area (Å²) in [7, 11) is 4.30. The molecule has 4 atom stereocenters. The molecule has 2 aromatic rings. The fourth-order valence-corrected chi connectivity index (χ4v) is 6.27. The number of hydrogen-bond acceptors (Lipinski definition) is 11. The second kappa shape index (κ2) is 13.5. The standard InChI is InChI=1S/C34H46N8O3/c1-27(43-29-11-7-5-8-12-29)33(31(35-15-17-37-33)41-23-19-39(3)20-24-41)45-34(28(2)44-30-13-9-6-10-14-30)32(36-16-18-38-34)42-25-21-40(4)22-26-42/h5-18,27-28,37-38H,19-26H2,1-4H3. The van der Waals surface area contributed by atoms with E-state index in [4.69, 9.17) is 24.2 Å². The van der Waals surface area contributed by atoms with E-state index in [9.17, 15) is 0 Å². The second-order valence-electron chi connectivity index (χ2n) is 12.1. The first kappa shape index (κ1) is 30.9. The molecule has 4 aliphatic rings. The zero-order valence-corrected chi connectivity index (χ0v) is 26.8. The lowest BCUT2D eigenvalue weighted by Crippen LogP contribution is -2.77. The molecule has 4 aliphatic heterocycles. The van der Waals surface area contributed by atoms with Gasteiger partial charge in [0.05, 0.1) is 0 Å². The Labute approximate surface area is 266 Å². The number of benzene rings is 2. The highest BCUT2D eigenvalue weighted by atomic mass is 16.6. The molecule has 11 nitrogen and oxygen atoms in total. The van der Waals surface area contributed by atoms with Crippen molar-refractivity contribution in [3.8, 4) is 11.5 Å². The summed E-state index contributed by atoms with van der Waals surface area (Å²) in [5.74, 6) is 3.02. The Kier molecular flexibility index (Phi) is 9.29. The van der Waals surface area contributed by atoms with Gasteiger partial charge in [0.25, 0.3) is 0 Å². The predicted octanol–water partition coefficient (Wildman–Crippen LogP) is 2.77. The van der Waals surface area contributed by atoms with Crippen molar-refractivity contribution in [3.05, 3.63) is 85.5 Å². The molecule has 0 aliphatic carbocycles. The predicted molar refractivity (Wildman–Crippen MR) is 177 cm³/mol. The molecule has 2 fully saturated rings. The Hall–Kier alpha value is -4.06. The number of likely N-dealkylation sites (N-methyl/N-ethyl adjacent to an activating group) is 2. The van der Waals surface area contributed by atoms with Crippen LogP contribution in [0.15, 0.2) is 95.4 Å². The molecule has 0 bridgehead atoms. The third kappa shape index (κ3) is 6.51. The van der Waals surface area contributed by atoms with Crippen molar-refractivity contribution in [2.45, 2.75) is 37.5 Å². The smallest absolute Gasteiger partial charge is 0.237 e. The molecule has 0 spiro atoms. The van der Waals surface area contributed by atoms with Crippen LogP contribution in [0, 0.1) is 0 Å². The molecule has 4 heterocycles. The molecule has 11 heteroatoms. The van der Waals surface area contributed by atoms with Gasteiger partial charge in [0.15, 0.2) is 23.9 Å². The number of amidine groups is 2. The third-order valence-corrected chi connectivity index (χ3v) is 8.99. The number of para-hydroxylation sites is 2. The summed E-state index contributed by atoms with van der Waals surface area (Å²) in [5, 5.41) is 7.23. The fourth-order valence-electron chi connectivity index (χ4n) is 6.27. The lowest BCUT2D eigenvalue weighted by atomic mass is 9.97. The number of ether oxygens (including phenoxy) is 3. The van der Waals surface area contributed by atoms with E-state index in [2.05, 4.69) is 44.3 Å². The van der Waals surface area contributed by atoms with E-state index in [1.165, 1.54) is 0 Å². The normalized spacial score (nSPS) is 27.1. The minimum atomic E-state index is -1.22. The number of piperazine rings is 2. The van der Waals surface area contributed by atoms with Crippen LogP contribution in [0.4, 0.5) is 0 Å². The maximum Gasteiger partial charge on any atom is 0.237 e. The number of nitrogens with one attached hydrogen (secondary N) is 2. The first-order chi connectivity index (χ1) is 21.9. The van der Waals surface area contributed by atoms with Crippen molar-refractivity contribution in [2.75, 3.05) is 66.5 Å². The highest BCUT2D eigenvalue weighted by molar-refractivity contribution is 5.95. The summed E-state index contributed by atoms with van der Waals surface area (Å²) in [5.41, 5.74) is -2.44. The van der Waals surface area contributed by atoms with E-state index in [1.807, 2.05) is 86.9 Å². The Morgan fingerprint density at radius 1 is 0.600 bits per heavy atom. The Morgan fingerprint density at radius 3 is 1.36 bits per heavy atom. The molecule has 2 N–H and O–H groups in total. The van der Waals surface area contributed by atoms with Gasteiger partial charge in [0.2, 0.25) is 11.4 Å². The van der Waals surface area contributed by atoms with Gasteiger partial charge in [-0.25, -0.2) is 9.98 Å². The summed E-state index contributed by atoms with van der Waals surface area (Å²) in [6, 6.07) is 19.7. The van der Waals surface area contributed by atoms with Gasteiger partial charge in [-0.2, -0.15) is 0 Å². The number of aliphatic imine (C=N–C) groups is 2. The van der Waals surface area contributed by atoms with Crippen LogP contribution in [0.25, 0.3) is 0 Å². The zero-order valence-electron chi connectivity index (χ0n) is 26.8. The van der Waals surface area contributed by atoms with E-state index in [0.29, 0.717) is 0 Å². The number of nitrogens with zero attached hydrogens (tertiary/aromatic N) is 6. The molecule has 0 radical (unpaired) electrons. The fraction of sp³-hybridized carbons (Fsp3) is 0.471. The largest absolute Gasteiger partial charge is 0.485 e. The lowest BCUT2D eigenvalue weighted by Gasteiger charge is -2.53. The van der Waals surface area contributed by atoms with Gasteiger partial charge in [-0.05, 0) is 52.2 Å². The highest BCUT2D eigenvalue weighted by Crippen LogP contribution is 2.35. The molecule has 4 unspecified atom stereocenters. The van der Waals surface area contributed by atoms with E-state index < -0.39 is 23.7 Å². The molecule has 240 valence electrons. The molecule has 45 heavy (non-hydrogen) atoms. The summed E-state index contributed by atoms with van der Waals surface area (Å²) in [6.07, 6.45) is 6.23. The molecule has 0 aromatic heterocycles. The molecule has 0 saturated carbocycles. The van der Waals surface area contributed by atoms with Crippen molar-refractivity contribution < 1.29 is 14.2 Å². The minimum absolute atomic E-state index is 0.523. The molecule has 2 saturated heterocycles. The van der Waals surface area contributed by atoms with Crippen LogP contribution in [0.5, 0.6) is 11.5 Å². The monoisotopic (exact) mass is 614 g/mol. The molecular formula is C34H46N8O3. The summed E-state index contributed by atoms with van der Waals surface area (Å²) < 4.78 is 21.0. The van der Waals surface area contributed by atoms with E-state index in [-0.39, 0.29) is 0 Å². The van der Waals surface area contributed by atoms with Crippen molar-refractivity contribution in [2.24, 2.45) is 9.98 Å². The van der Waals surface area contributed by atoms with Gasteiger partial charge in [-0.3, -0.25) is 0 Å². The highest BCUT2D eigenvalue weighted by Gasteiger charge is 2.58. The molecule has 0 amide bonds. The first-order valence-corrected chi connectivity index (χ1v) is 15.9. The maximum atomic E-state index is 7.61. The lowest BCUT2D eigenvalue weighted by molar-refractivity contribution is -0.184. The van der Waals surface area contributed by atoms with Crippen molar-refractivity contribution >= 4 is 11.7 Å². The van der Waals surface area contributed by atoms with Crippen LogP contribution in [-0.4, -0.2) is 121 Å². The molecule has 6 rings (SSSR count). The van der Waals surface area contributed by atoms with Crippen LogP contribution in [0.2, 0.25) is 0 Å². The SMILES string of the molecule is CC(Oc1ccccc1)C1(OC2(C(C)Oc3ccccc3)NC=CN=C2N2CCN(C)CC2)NC=CN=C1N1CCN(C)CC1. The van der Waals surface area contributed by atoms with Crippen LogP contribution in [-0.2, 0) is 4.74 Å². The van der Waals surface area contributed by atoms with Crippen LogP contribution in [0.3, 0.4) is 0 Å². The topological polar surface area (TPSA) is 89.4 Å². The summed E-state index contributed by atoms with van der Waals surface area (Å²) in [6.45, 7) is 11.0. The Bertz CT molecular complexity index is 1280. The van der Waals surface area contributed by atoms with Crippen molar-refractivity contribution in [1.29, 1.82) is 0 Å². The average Bonchev–Trinajstić information content (AvgIpc) is 3.07. The Morgan fingerprint density at radius 2 is 0.978 bits per heavy atom. The van der Waals surface area contributed by atoms with E-state index >= 15 is 0 Å². The number of hydrogen-bond donors (Lipinski definition) is 2. The van der Waals surface area contributed by atoms with Crippen LogP contribution < -0.4 is 20.1 Å². The van der Waals surface area contributed by atoms with Crippen molar-refractivity contribution in [1.82, 2.24) is 30.2 Å². The van der Waals surface area contributed by atoms with Crippen molar-refractivity contribution in [3.63, 3.8) is 0 Å². The van der Waals surface area contributed by atoms with Gasteiger partial charge >= 0.3 is 0 Å². The minimum Gasteiger partial charge on any atom is -0.485 e. The van der Waals surface area contributed by atoms with E-state index in [0.717, 1.165) is 75.5 Å². The van der Waals surface area contributed by atoms with Gasteiger partial charge in [-0.1, -0.05) is 36.4 Å². The maximum absolute atomic E-state index is 7.61. The summed E-state index contributed by atoms with van der Waals surface area (Å²) >= 11 is 0. The van der Waals surface area contributed by atoms with E-state index in [1.54, 1.807) is 12.4 Å². The van der Waals surface area contributed by atoms with Crippen LogP contribution in [0.1, 0.15) is 13.8 Å². The second-order valence-corrected chi connectivity index (χ2v) is 12.1. The Balaban J connectivity index is 1.45.